The van der Waals surface area contributed by atoms with Crippen LogP contribution in [0, 0.1) is 19.7 Å². The number of halogens is 1. The van der Waals surface area contributed by atoms with Crippen LogP contribution < -0.4 is 5.32 Å². The van der Waals surface area contributed by atoms with Gasteiger partial charge in [0.1, 0.15) is 5.82 Å². The van der Waals surface area contributed by atoms with E-state index >= 15 is 0 Å². The van der Waals surface area contributed by atoms with Crippen LogP contribution >= 0.6 is 0 Å². The molecular formula is C13H16FN3. The first kappa shape index (κ1) is 11.6. The lowest BCUT2D eigenvalue weighted by Gasteiger charge is -2.10. The predicted octanol–water partition coefficient (Wildman–Crippen LogP) is 2.79. The van der Waals surface area contributed by atoms with Crippen molar-refractivity contribution >= 4 is 5.69 Å². The number of hydrogen-bond acceptors (Lipinski definition) is 2. The van der Waals surface area contributed by atoms with Gasteiger partial charge >= 0.3 is 0 Å². The molecule has 4 heteroatoms. The number of aromatic nitrogens is 2. The first-order chi connectivity index (χ1) is 8.08. The highest BCUT2D eigenvalue weighted by Gasteiger charge is 2.06. The normalized spacial score (nSPS) is 10.6. The molecule has 1 N–H and O–H groups in total. The minimum absolute atomic E-state index is 0.219. The third-order valence-corrected chi connectivity index (χ3v) is 2.77. The zero-order chi connectivity index (χ0) is 12.4. The fourth-order valence-corrected chi connectivity index (χ4v) is 1.86. The van der Waals surface area contributed by atoms with Crippen molar-refractivity contribution in [3.8, 4) is 0 Å². The van der Waals surface area contributed by atoms with Gasteiger partial charge in [0.2, 0.25) is 0 Å². The van der Waals surface area contributed by atoms with Crippen molar-refractivity contribution in [2.24, 2.45) is 7.05 Å². The molecule has 1 heterocycles. The molecule has 0 bridgehead atoms. The molecule has 0 aliphatic heterocycles. The molecule has 0 amide bonds. The Morgan fingerprint density at radius 3 is 2.71 bits per heavy atom. The Kier molecular flexibility index (Phi) is 3.13. The quantitative estimate of drug-likeness (QED) is 0.883. The minimum atomic E-state index is -0.219. The summed E-state index contributed by atoms with van der Waals surface area (Å²) in [5.74, 6) is -0.219. The number of nitrogens with zero attached hydrogens (tertiary/aromatic N) is 2. The average Bonchev–Trinajstić information content (AvgIpc) is 2.57. The number of rotatable bonds is 3. The minimum Gasteiger partial charge on any atom is -0.377 e. The highest BCUT2D eigenvalue weighted by atomic mass is 19.1. The third kappa shape index (κ3) is 2.46. The average molecular weight is 233 g/mol. The molecule has 0 atom stereocenters. The highest BCUT2D eigenvalue weighted by Crippen LogP contribution is 2.19. The van der Waals surface area contributed by atoms with Crippen LogP contribution in [-0.2, 0) is 13.6 Å². The maximum absolute atomic E-state index is 13.6. The number of benzene rings is 1. The molecule has 0 fully saturated rings. The van der Waals surface area contributed by atoms with E-state index in [1.54, 1.807) is 10.7 Å². The van der Waals surface area contributed by atoms with Gasteiger partial charge in [-0.15, -0.1) is 0 Å². The number of aryl methyl sites for hydroxylation is 3. The van der Waals surface area contributed by atoms with Gasteiger partial charge in [-0.3, -0.25) is 4.68 Å². The summed E-state index contributed by atoms with van der Waals surface area (Å²) in [7, 11) is 1.89. The maximum atomic E-state index is 13.6. The zero-order valence-electron chi connectivity index (χ0n) is 10.3. The molecule has 90 valence electrons. The summed E-state index contributed by atoms with van der Waals surface area (Å²) in [6.07, 6.45) is 0. The molecule has 0 radical (unpaired) electrons. The van der Waals surface area contributed by atoms with Gasteiger partial charge in [0, 0.05) is 7.05 Å². The molecule has 0 aliphatic rings. The Hall–Kier alpha value is -1.84. The van der Waals surface area contributed by atoms with Crippen LogP contribution in [0.1, 0.15) is 17.0 Å². The topological polar surface area (TPSA) is 29.9 Å². The van der Waals surface area contributed by atoms with Crippen LogP contribution in [0.5, 0.6) is 0 Å². The van der Waals surface area contributed by atoms with Gasteiger partial charge in [-0.05, 0) is 31.5 Å². The van der Waals surface area contributed by atoms with E-state index in [1.807, 2.05) is 33.0 Å². The molecule has 2 aromatic rings. The molecule has 0 saturated heterocycles. The van der Waals surface area contributed by atoms with Crippen LogP contribution in [0.2, 0.25) is 0 Å². The Labute approximate surface area is 100 Å². The van der Waals surface area contributed by atoms with Crippen LogP contribution in [0.4, 0.5) is 10.1 Å². The van der Waals surface area contributed by atoms with Gasteiger partial charge in [0.25, 0.3) is 0 Å². The summed E-state index contributed by atoms with van der Waals surface area (Å²) in [4.78, 5) is 0. The molecule has 0 saturated carbocycles. The molecule has 0 spiro atoms. The summed E-state index contributed by atoms with van der Waals surface area (Å²) in [6, 6.07) is 7.05. The lowest BCUT2D eigenvalue weighted by Crippen LogP contribution is -2.07. The highest BCUT2D eigenvalue weighted by molar-refractivity contribution is 5.51. The number of para-hydroxylation sites is 1. The molecule has 0 aliphatic carbocycles. The van der Waals surface area contributed by atoms with E-state index in [-0.39, 0.29) is 5.82 Å². The van der Waals surface area contributed by atoms with Crippen molar-refractivity contribution < 1.29 is 4.39 Å². The van der Waals surface area contributed by atoms with Gasteiger partial charge < -0.3 is 5.32 Å². The predicted molar refractivity (Wildman–Crippen MR) is 66.4 cm³/mol. The summed E-state index contributed by atoms with van der Waals surface area (Å²) in [5.41, 5.74) is 3.47. The van der Waals surface area contributed by atoms with E-state index in [4.69, 9.17) is 0 Å². The van der Waals surface area contributed by atoms with Crippen molar-refractivity contribution in [3.63, 3.8) is 0 Å². The Morgan fingerprint density at radius 1 is 1.35 bits per heavy atom. The van der Waals surface area contributed by atoms with Crippen molar-refractivity contribution in [1.29, 1.82) is 0 Å². The van der Waals surface area contributed by atoms with E-state index in [2.05, 4.69) is 10.4 Å². The third-order valence-electron chi connectivity index (χ3n) is 2.77. The first-order valence-electron chi connectivity index (χ1n) is 5.56. The molecule has 1 aromatic heterocycles. The number of nitrogens with one attached hydrogen (secondary N) is 1. The first-order valence-corrected chi connectivity index (χ1v) is 5.56. The SMILES string of the molecule is Cc1cc(CNc2c(C)cccc2F)n(C)n1. The van der Waals surface area contributed by atoms with Crippen molar-refractivity contribution in [3.05, 3.63) is 47.0 Å². The van der Waals surface area contributed by atoms with Gasteiger partial charge in [-0.1, -0.05) is 12.1 Å². The van der Waals surface area contributed by atoms with Gasteiger partial charge in [-0.2, -0.15) is 5.10 Å². The lowest BCUT2D eigenvalue weighted by molar-refractivity contribution is 0.628. The smallest absolute Gasteiger partial charge is 0.146 e. The van der Waals surface area contributed by atoms with E-state index in [0.29, 0.717) is 12.2 Å². The Balaban J connectivity index is 2.15. The fraction of sp³-hybridized carbons (Fsp3) is 0.308. The lowest BCUT2D eigenvalue weighted by atomic mass is 10.2. The van der Waals surface area contributed by atoms with E-state index in [9.17, 15) is 4.39 Å². The van der Waals surface area contributed by atoms with E-state index in [1.165, 1.54) is 6.07 Å². The summed E-state index contributed by atoms with van der Waals surface area (Å²) in [5, 5.41) is 7.37. The van der Waals surface area contributed by atoms with Crippen LogP contribution in [0.15, 0.2) is 24.3 Å². The molecule has 0 unspecified atom stereocenters. The molecule has 17 heavy (non-hydrogen) atoms. The summed E-state index contributed by atoms with van der Waals surface area (Å²) < 4.78 is 15.4. The number of anilines is 1. The fourth-order valence-electron chi connectivity index (χ4n) is 1.86. The molecule has 1 aromatic carbocycles. The van der Waals surface area contributed by atoms with Gasteiger partial charge in [0.15, 0.2) is 0 Å². The van der Waals surface area contributed by atoms with Crippen LogP contribution in [0.25, 0.3) is 0 Å². The van der Waals surface area contributed by atoms with Gasteiger partial charge in [0.05, 0.1) is 23.6 Å². The monoisotopic (exact) mass is 233 g/mol. The van der Waals surface area contributed by atoms with E-state index in [0.717, 1.165) is 17.0 Å². The van der Waals surface area contributed by atoms with E-state index < -0.39 is 0 Å². The van der Waals surface area contributed by atoms with Crippen molar-refractivity contribution in [2.75, 3.05) is 5.32 Å². The zero-order valence-corrected chi connectivity index (χ0v) is 10.3. The standard InChI is InChI=1S/C13H16FN3/c1-9-5-4-6-12(14)13(9)15-8-11-7-10(2)16-17(11)3/h4-7,15H,8H2,1-3H3. The molecule has 2 rings (SSSR count). The Bertz CT molecular complexity index is 511. The number of hydrogen-bond donors (Lipinski definition) is 1. The second-order valence-electron chi connectivity index (χ2n) is 4.19. The second kappa shape index (κ2) is 4.57. The summed E-state index contributed by atoms with van der Waals surface area (Å²) >= 11 is 0. The largest absolute Gasteiger partial charge is 0.377 e. The van der Waals surface area contributed by atoms with Crippen LogP contribution in [-0.4, -0.2) is 9.78 Å². The van der Waals surface area contributed by atoms with Crippen molar-refractivity contribution in [2.45, 2.75) is 20.4 Å². The second-order valence-corrected chi connectivity index (χ2v) is 4.19. The maximum Gasteiger partial charge on any atom is 0.146 e. The van der Waals surface area contributed by atoms with Crippen molar-refractivity contribution in [1.82, 2.24) is 9.78 Å². The Morgan fingerprint density at radius 2 is 2.12 bits per heavy atom. The van der Waals surface area contributed by atoms with Gasteiger partial charge in [-0.25, -0.2) is 4.39 Å². The molecule has 3 nitrogen and oxygen atoms in total. The molecular weight excluding hydrogens is 217 g/mol. The van der Waals surface area contributed by atoms with Crippen LogP contribution in [0.3, 0.4) is 0 Å². The summed E-state index contributed by atoms with van der Waals surface area (Å²) in [6.45, 7) is 4.40.